The maximum absolute atomic E-state index is 5.26. The SMILES string of the molecule is CNCC1CC(c2ccc(Br)cn2)=NO1. The lowest BCUT2D eigenvalue weighted by molar-refractivity contribution is 0.0866. The molecule has 2 rings (SSSR count). The fraction of sp³-hybridized carbons (Fsp3) is 0.400. The van der Waals surface area contributed by atoms with Crippen molar-refractivity contribution in [3.05, 3.63) is 28.5 Å². The quantitative estimate of drug-likeness (QED) is 0.906. The largest absolute Gasteiger partial charge is 0.390 e. The van der Waals surface area contributed by atoms with Crippen molar-refractivity contribution >= 4 is 21.6 Å². The Hall–Kier alpha value is -0.940. The summed E-state index contributed by atoms with van der Waals surface area (Å²) in [6.07, 6.45) is 2.72. The molecule has 1 atom stereocenters. The minimum atomic E-state index is 0.135. The van der Waals surface area contributed by atoms with Crippen LogP contribution in [-0.4, -0.2) is 30.4 Å². The predicted molar refractivity (Wildman–Crippen MR) is 61.9 cm³/mol. The fourth-order valence-electron chi connectivity index (χ4n) is 1.46. The highest BCUT2D eigenvalue weighted by Gasteiger charge is 2.21. The molecule has 2 heterocycles. The second-order valence-corrected chi connectivity index (χ2v) is 4.30. The number of oxime groups is 1. The van der Waals surface area contributed by atoms with Gasteiger partial charge in [0.2, 0.25) is 0 Å². The Morgan fingerprint density at radius 3 is 3.13 bits per heavy atom. The molecule has 0 bridgehead atoms. The highest BCUT2D eigenvalue weighted by atomic mass is 79.9. The van der Waals surface area contributed by atoms with Crippen molar-refractivity contribution in [1.29, 1.82) is 0 Å². The summed E-state index contributed by atoms with van der Waals surface area (Å²) in [6, 6.07) is 3.89. The van der Waals surface area contributed by atoms with Crippen LogP contribution in [0, 0.1) is 0 Å². The first-order chi connectivity index (χ1) is 7.29. The number of hydrogen-bond acceptors (Lipinski definition) is 4. The Labute approximate surface area is 96.9 Å². The van der Waals surface area contributed by atoms with Gasteiger partial charge in [-0.15, -0.1) is 0 Å². The van der Waals surface area contributed by atoms with Gasteiger partial charge in [0.25, 0.3) is 0 Å². The molecule has 5 heteroatoms. The molecule has 80 valence electrons. The van der Waals surface area contributed by atoms with Gasteiger partial charge in [-0.3, -0.25) is 4.98 Å². The Balaban J connectivity index is 2.04. The molecule has 1 N–H and O–H groups in total. The molecule has 1 aliphatic heterocycles. The van der Waals surface area contributed by atoms with Crippen molar-refractivity contribution in [2.75, 3.05) is 13.6 Å². The first kappa shape index (κ1) is 10.6. The van der Waals surface area contributed by atoms with Crippen LogP contribution in [0.25, 0.3) is 0 Å². The standard InChI is InChI=1S/C10H12BrN3O/c1-12-6-8-4-10(14-15-8)9-3-2-7(11)5-13-9/h2-3,5,8,12H,4,6H2,1H3. The molecule has 0 radical (unpaired) electrons. The number of likely N-dealkylation sites (N-methyl/N-ethyl adjacent to an activating group) is 1. The summed E-state index contributed by atoms with van der Waals surface area (Å²) >= 11 is 3.35. The number of pyridine rings is 1. The van der Waals surface area contributed by atoms with Gasteiger partial charge >= 0.3 is 0 Å². The summed E-state index contributed by atoms with van der Waals surface area (Å²) in [7, 11) is 1.90. The van der Waals surface area contributed by atoms with Gasteiger partial charge in [-0.1, -0.05) is 5.16 Å². The third kappa shape index (κ3) is 2.54. The summed E-state index contributed by atoms with van der Waals surface area (Å²) in [6.45, 7) is 0.809. The molecule has 1 aliphatic rings. The molecule has 0 spiro atoms. The minimum absolute atomic E-state index is 0.135. The number of halogens is 1. The van der Waals surface area contributed by atoms with Gasteiger partial charge in [0.05, 0.1) is 5.69 Å². The Kier molecular flexibility index (Phi) is 3.33. The normalized spacial score (nSPS) is 19.9. The van der Waals surface area contributed by atoms with Crippen molar-refractivity contribution in [1.82, 2.24) is 10.3 Å². The third-order valence-electron chi connectivity index (χ3n) is 2.19. The molecular formula is C10H12BrN3O. The molecule has 1 aromatic heterocycles. The van der Waals surface area contributed by atoms with Crippen LogP contribution in [0.3, 0.4) is 0 Å². The highest BCUT2D eigenvalue weighted by Crippen LogP contribution is 2.16. The second-order valence-electron chi connectivity index (χ2n) is 3.39. The molecule has 4 nitrogen and oxygen atoms in total. The van der Waals surface area contributed by atoms with Gasteiger partial charge in [0.15, 0.2) is 0 Å². The third-order valence-corrected chi connectivity index (χ3v) is 2.66. The van der Waals surface area contributed by atoms with Crippen LogP contribution >= 0.6 is 15.9 Å². The second kappa shape index (κ2) is 4.72. The van der Waals surface area contributed by atoms with E-state index in [1.165, 1.54) is 0 Å². The number of rotatable bonds is 3. The van der Waals surface area contributed by atoms with E-state index in [0.717, 1.165) is 28.8 Å². The van der Waals surface area contributed by atoms with Crippen LogP contribution in [0.15, 0.2) is 28.0 Å². The van der Waals surface area contributed by atoms with Crippen LogP contribution in [-0.2, 0) is 4.84 Å². The van der Waals surface area contributed by atoms with E-state index in [-0.39, 0.29) is 6.10 Å². The molecule has 1 unspecified atom stereocenters. The number of nitrogens with one attached hydrogen (secondary N) is 1. The van der Waals surface area contributed by atoms with Crippen molar-refractivity contribution in [3.63, 3.8) is 0 Å². The summed E-state index contributed by atoms with van der Waals surface area (Å²) in [5, 5.41) is 7.10. The average Bonchev–Trinajstić information content (AvgIpc) is 2.68. The maximum Gasteiger partial charge on any atom is 0.145 e. The van der Waals surface area contributed by atoms with Gasteiger partial charge in [0.1, 0.15) is 11.8 Å². The zero-order valence-corrected chi connectivity index (χ0v) is 9.99. The van der Waals surface area contributed by atoms with E-state index >= 15 is 0 Å². The van der Waals surface area contributed by atoms with E-state index in [1.807, 2.05) is 19.2 Å². The Morgan fingerprint density at radius 2 is 2.47 bits per heavy atom. The Morgan fingerprint density at radius 1 is 1.60 bits per heavy atom. The lowest BCUT2D eigenvalue weighted by Crippen LogP contribution is -2.23. The molecule has 0 saturated carbocycles. The topological polar surface area (TPSA) is 46.5 Å². The average molecular weight is 270 g/mol. The van der Waals surface area contributed by atoms with E-state index in [4.69, 9.17) is 4.84 Å². The van der Waals surface area contributed by atoms with Crippen molar-refractivity contribution < 1.29 is 4.84 Å². The van der Waals surface area contributed by atoms with E-state index in [1.54, 1.807) is 6.20 Å². The van der Waals surface area contributed by atoms with Crippen molar-refractivity contribution in [3.8, 4) is 0 Å². The lowest BCUT2D eigenvalue weighted by atomic mass is 10.1. The van der Waals surface area contributed by atoms with Crippen molar-refractivity contribution in [2.24, 2.45) is 5.16 Å². The van der Waals surface area contributed by atoms with E-state index in [9.17, 15) is 0 Å². The molecule has 15 heavy (non-hydrogen) atoms. The molecular weight excluding hydrogens is 258 g/mol. The minimum Gasteiger partial charge on any atom is -0.390 e. The zero-order valence-electron chi connectivity index (χ0n) is 8.40. The predicted octanol–water partition coefficient (Wildman–Crippen LogP) is 1.56. The van der Waals surface area contributed by atoms with E-state index in [2.05, 4.69) is 31.4 Å². The van der Waals surface area contributed by atoms with Crippen LogP contribution in [0.5, 0.6) is 0 Å². The van der Waals surface area contributed by atoms with Gasteiger partial charge in [0, 0.05) is 23.6 Å². The summed E-state index contributed by atoms with van der Waals surface area (Å²) in [4.78, 5) is 9.54. The number of aromatic nitrogens is 1. The fourth-order valence-corrected chi connectivity index (χ4v) is 1.70. The van der Waals surface area contributed by atoms with Crippen LogP contribution in [0.4, 0.5) is 0 Å². The van der Waals surface area contributed by atoms with Gasteiger partial charge in [-0.25, -0.2) is 0 Å². The maximum atomic E-state index is 5.26. The lowest BCUT2D eigenvalue weighted by Gasteiger charge is -2.05. The number of nitrogens with zero attached hydrogens (tertiary/aromatic N) is 2. The highest BCUT2D eigenvalue weighted by molar-refractivity contribution is 9.10. The Bertz CT molecular complexity index is 363. The smallest absolute Gasteiger partial charge is 0.145 e. The summed E-state index contributed by atoms with van der Waals surface area (Å²) in [5.41, 5.74) is 1.81. The van der Waals surface area contributed by atoms with Gasteiger partial charge < -0.3 is 10.2 Å². The molecule has 1 aromatic rings. The van der Waals surface area contributed by atoms with Gasteiger partial charge in [-0.2, -0.15) is 0 Å². The molecule has 0 amide bonds. The summed E-state index contributed by atoms with van der Waals surface area (Å²) < 4.78 is 0.970. The van der Waals surface area contributed by atoms with Crippen molar-refractivity contribution in [2.45, 2.75) is 12.5 Å². The molecule has 0 aliphatic carbocycles. The molecule has 0 saturated heterocycles. The van der Waals surface area contributed by atoms with Crippen LogP contribution < -0.4 is 5.32 Å². The van der Waals surface area contributed by atoms with E-state index < -0.39 is 0 Å². The zero-order chi connectivity index (χ0) is 10.7. The van der Waals surface area contributed by atoms with Gasteiger partial charge in [-0.05, 0) is 35.1 Å². The first-order valence-corrected chi connectivity index (χ1v) is 5.58. The van der Waals surface area contributed by atoms with E-state index in [0.29, 0.717) is 0 Å². The van der Waals surface area contributed by atoms with Crippen LogP contribution in [0.2, 0.25) is 0 Å². The molecule has 0 aromatic carbocycles. The van der Waals surface area contributed by atoms with Crippen LogP contribution in [0.1, 0.15) is 12.1 Å². The first-order valence-electron chi connectivity index (χ1n) is 4.79. The summed E-state index contributed by atoms with van der Waals surface area (Å²) in [5.74, 6) is 0. The monoisotopic (exact) mass is 269 g/mol. The molecule has 0 fully saturated rings. The number of hydrogen-bond donors (Lipinski definition) is 1.